The maximum Gasteiger partial charge on any atom is 0.345 e. The van der Waals surface area contributed by atoms with Gasteiger partial charge in [0.25, 0.3) is 0 Å². The van der Waals surface area contributed by atoms with Gasteiger partial charge in [-0.1, -0.05) is 29.8 Å². The smallest absolute Gasteiger partial charge is 0.345 e. The number of fused-ring (bicyclic) bond motifs is 1. The van der Waals surface area contributed by atoms with Crippen molar-refractivity contribution in [2.24, 2.45) is 0 Å². The zero-order valence-corrected chi connectivity index (χ0v) is 12.3. The molecule has 2 aromatic carbocycles. The highest BCUT2D eigenvalue weighted by Crippen LogP contribution is 2.36. The fourth-order valence-corrected chi connectivity index (χ4v) is 2.46. The second-order valence-corrected chi connectivity index (χ2v) is 5.19. The molecule has 1 heterocycles. The quantitative estimate of drug-likeness (QED) is 0.638. The van der Waals surface area contributed by atoms with Crippen LogP contribution in [0.2, 0.25) is 0 Å². The summed E-state index contributed by atoms with van der Waals surface area (Å²) in [7, 11) is 0. The summed E-state index contributed by atoms with van der Waals surface area (Å²) in [4.78, 5) is 12.0. The number of benzene rings is 2. The summed E-state index contributed by atoms with van der Waals surface area (Å²) in [5.74, 6) is -0.227. The van der Waals surface area contributed by atoms with E-state index in [9.17, 15) is 4.79 Å². The van der Waals surface area contributed by atoms with Gasteiger partial charge in [0.1, 0.15) is 0 Å². The van der Waals surface area contributed by atoms with Crippen LogP contribution in [0.5, 0.6) is 5.95 Å². The minimum absolute atomic E-state index is 0.209. The first-order chi connectivity index (χ1) is 9.65. The van der Waals surface area contributed by atoms with E-state index >= 15 is 0 Å². The first-order valence-electron chi connectivity index (χ1n) is 6.11. The van der Waals surface area contributed by atoms with Crippen LogP contribution in [-0.2, 0) is 0 Å². The average Bonchev–Trinajstić information content (AvgIpc) is 2.76. The third kappa shape index (κ3) is 2.34. The molecule has 0 bridgehead atoms. The lowest BCUT2D eigenvalue weighted by atomic mass is 10.1. The number of rotatable bonds is 2. The standard InChI is InChI=1S/C16H11BrO3/c1-10-7-8-12-13(9-10)14(17)19-16(12)20-15(18)11-5-3-2-4-6-11/h2-9H,1H3. The van der Waals surface area contributed by atoms with E-state index in [2.05, 4.69) is 15.9 Å². The Labute approximate surface area is 124 Å². The topological polar surface area (TPSA) is 39.4 Å². The molecule has 3 aromatic rings. The van der Waals surface area contributed by atoms with Crippen LogP contribution in [0.25, 0.3) is 10.8 Å². The van der Waals surface area contributed by atoms with Crippen LogP contribution in [0, 0.1) is 6.92 Å². The van der Waals surface area contributed by atoms with Gasteiger partial charge in [0, 0.05) is 5.39 Å². The minimum atomic E-state index is -0.436. The Morgan fingerprint density at radius 2 is 1.85 bits per heavy atom. The molecule has 0 saturated carbocycles. The maximum atomic E-state index is 12.0. The van der Waals surface area contributed by atoms with Crippen LogP contribution < -0.4 is 4.74 Å². The Bertz CT molecular complexity index is 775. The van der Waals surface area contributed by atoms with Gasteiger partial charge in [-0.2, -0.15) is 0 Å². The second kappa shape index (κ2) is 5.13. The van der Waals surface area contributed by atoms with E-state index in [1.165, 1.54) is 0 Å². The zero-order valence-electron chi connectivity index (χ0n) is 10.7. The summed E-state index contributed by atoms with van der Waals surface area (Å²) in [5, 5.41) is 1.66. The Morgan fingerprint density at radius 1 is 1.10 bits per heavy atom. The fourth-order valence-electron chi connectivity index (χ4n) is 1.98. The highest BCUT2D eigenvalue weighted by molar-refractivity contribution is 9.10. The highest BCUT2D eigenvalue weighted by atomic mass is 79.9. The highest BCUT2D eigenvalue weighted by Gasteiger charge is 2.17. The molecule has 0 aliphatic rings. The largest absolute Gasteiger partial charge is 0.417 e. The van der Waals surface area contributed by atoms with Gasteiger partial charge in [-0.3, -0.25) is 0 Å². The van der Waals surface area contributed by atoms with Gasteiger partial charge < -0.3 is 9.15 Å². The third-order valence-electron chi connectivity index (χ3n) is 2.98. The van der Waals surface area contributed by atoms with Gasteiger partial charge in [0.15, 0.2) is 4.67 Å². The average molecular weight is 331 g/mol. The Balaban J connectivity index is 1.98. The number of esters is 1. The molecule has 0 N–H and O–H groups in total. The van der Waals surface area contributed by atoms with E-state index in [4.69, 9.17) is 9.15 Å². The predicted molar refractivity (Wildman–Crippen MR) is 80.1 cm³/mol. The number of halogens is 1. The van der Waals surface area contributed by atoms with Crippen molar-refractivity contribution in [2.45, 2.75) is 6.92 Å². The Kier molecular flexibility index (Phi) is 3.32. The lowest BCUT2D eigenvalue weighted by Gasteiger charge is -2.01. The summed E-state index contributed by atoms with van der Waals surface area (Å²) < 4.78 is 11.4. The molecular weight excluding hydrogens is 320 g/mol. The number of carbonyl (C=O) groups excluding carboxylic acids is 1. The molecule has 0 aliphatic heterocycles. The molecular formula is C16H11BrO3. The summed E-state index contributed by atoms with van der Waals surface area (Å²) in [6.07, 6.45) is 0. The molecule has 3 nitrogen and oxygen atoms in total. The number of carbonyl (C=O) groups is 1. The first-order valence-corrected chi connectivity index (χ1v) is 6.90. The third-order valence-corrected chi connectivity index (χ3v) is 3.57. The van der Waals surface area contributed by atoms with E-state index in [0.717, 1.165) is 16.3 Å². The van der Waals surface area contributed by atoms with Crippen LogP contribution in [0.1, 0.15) is 15.9 Å². The van der Waals surface area contributed by atoms with E-state index in [1.54, 1.807) is 24.3 Å². The van der Waals surface area contributed by atoms with Gasteiger partial charge >= 0.3 is 11.9 Å². The molecule has 0 amide bonds. The van der Waals surface area contributed by atoms with Crippen LogP contribution in [0.15, 0.2) is 57.6 Å². The van der Waals surface area contributed by atoms with Crippen LogP contribution in [0.3, 0.4) is 0 Å². The summed E-state index contributed by atoms with van der Waals surface area (Å²) in [6.45, 7) is 1.99. The molecule has 1 aromatic heterocycles. The molecule has 20 heavy (non-hydrogen) atoms. The van der Waals surface area contributed by atoms with E-state index < -0.39 is 5.97 Å². The van der Waals surface area contributed by atoms with Crippen molar-refractivity contribution in [3.63, 3.8) is 0 Å². The van der Waals surface area contributed by atoms with Gasteiger partial charge in [-0.15, -0.1) is 0 Å². The first kappa shape index (κ1) is 12.9. The second-order valence-electron chi connectivity index (χ2n) is 4.47. The lowest BCUT2D eigenvalue weighted by Crippen LogP contribution is -2.07. The van der Waals surface area contributed by atoms with Crippen molar-refractivity contribution in [1.29, 1.82) is 0 Å². The minimum Gasteiger partial charge on any atom is -0.417 e. The summed E-state index contributed by atoms with van der Waals surface area (Å²) in [5.41, 5.74) is 1.60. The molecule has 0 saturated heterocycles. The van der Waals surface area contributed by atoms with E-state index in [1.807, 2.05) is 31.2 Å². The van der Waals surface area contributed by atoms with Crippen molar-refractivity contribution < 1.29 is 13.9 Å². The van der Waals surface area contributed by atoms with Crippen LogP contribution >= 0.6 is 15.9 Å². The van der Waals surface area contributed by atoms with Gasteiger partial charge in [0.05, 0.1) is 10.9 Å². The van der Waals surface area contributed by atoms with Crippen molar-refractivity contribution in [1.82, 2.24) is 0 Å². The number of aryl methyl sites for hydroxylation is 1. The van der Waals surface area contributed by atoms with Crippen molar-refractivity contribution in [3.8, 4) is 5.95 Å². The van der Waals surface area contributed by atoms with E-state index in [-0.39, 0.29) is 5.95 Å². The van der Waals surface area contributed by atoms with Crippen LogP contribution in [-0.4, -0.2) is 5.97 Å². The fraction of sp³-hybridized carbons (Fsp3) is 0.0625. The number of hydrogen-bond acceptors (Lipinski definition) is 3. The molecule has 3 rings (SSSR count). The maximum absolute atomic E-state index is 12.0. The molecule has 0 fully saturated rings. The van der Waals surface area contributed by atoms with Gasteiger partial charge in [-0.25, -0.2) is 4.79 Å². The lowest BCUT2D eigenvalue weighted by molar-refractivity contribution is 0.0695. The molecule has 0 unspecified atom stereocenters. The monoisotopic (exact) mass is 330 g/mol. The molecule has 100 valence electrons. The van der Waals surface area contributed by atoms with Gasteiger partial charge in [0.2, 0.25) is 0 Å². The van der Waals surface area contributed by atoms with Gasteiger partial charge in [-0.05, 0) is 47.1 Å². The molecule has 0 radical (unpaired) electrons. The number of hydrogen-bond donors (Lipinski definition) is 0. The number of furan rings is 1. The zero-order chi connectivity index (χ0) is 14.1. The summed E-state index contributed by atoms with van der Waals surface area (Å²) in [6, 6.07) is 14.6. The Hall–Kier alpha value is -2.07. The predicted octanol–water partition coefficient (Wildman–Crippen LogP) is 4.72. The van der Waals surface area contributed by atoms with Crippen molar-refractivity contribution >= 4 is 32.7 Å². The molecule has 0 atom stereocenters. The van der Waals surface area contributed by atoms with Crippen LogP contribution in [0.4, 0.5) is 0 Å². The molecule has 0 spiro atoms. The summed E-state index contributed by atoms with van der Waals surface area (Å²) >= 11 is 3.34. The van der Waals surface area contributed by atoms with E-state index in [0.29, 0.717) is 10.2 Å². The SMILES string of the molecule is Cc1ccc2c(OC(=O)c3ccccc3)oc(Br)c2c1. The Morgan fingerprint density at radius 3 is 2.60 bits per heavy atom. The molecule has 4 heteroatoms. The molecule has 0 aliphatic carbocycles. The normalized spacial score (nSPS) is 10.7. The van der Waals surface area contributed by atoms with Crippen molar-refractivity contribution in [3.05, 3.63) is 64.3 Å². The van der Waals surface area contributed by atoms with Crippen molar-refractivity contribution in [2.75, 3.05) is 0 Å². The number of ether oxygens (including phenoxy) is 1.